The molecule has 4 aromatic rings. The summed E-state index contributed by atoms with van der Waals surface area (Å²) in [6.07, 6.45) is 8.50. The van der Waals surface area contributed by atoms with Crippen LogP contribution in [0.25, 0.3) is 28.0 Å². The van der Waals surface area contributed by atoms with Gasteiger partial charge >= 0.3 is 0 Å². The van der Waals surface area contributed by atoms with E-state index in [0.29, 0.717) is 6.04 Å². The highest BCUT2D eigenvalue weighted by Gasteiger charge is 2.21. The molecule has 1 aliphatic heterocycles. The van der Waals surface area contributed by atoms with E-state index in [9.17, 15) is 0 Å². The van der Waals surface area contributed by atoms with Gasteiger partial charge in [-0.1, -0.05) is 36.6 Å². The molecule has 0 spiro atoms. The van der Waals surface area contributed by atoms with Gasteiger partial charge in [-0.25, -0.2) is 4.98 Å². The Kier molecular flexibility index (Phi) is 5.94. The largest absolute Gasteiger partial charge is 0.369 e. The number of benzene rings is 1. The number of rotatable bonds is 5. The molecule has 0 bridgehead atoms. The number of hydrogen-bond acceptors (Lipinski definition) is 6. The molecule has 2 fully saturated rings. The van der Waals surface area contributed by atoms with Crippen LogP contribution in [-0.2, 0) is 0 Å². The quantitative estimate of drug-likeness (QED) is 0.405. The van der Waals surface area contributed by atoms with E-state index in [-0.39, 0.29) is 0 Å². The molecule has 1 aliphatic carbocycles. The van der Waals surface area contributed by atoms with Gasteiger partial charge in [-0.05, 0) is 51.0 Å². The fourth-order valence-electron chi connectivity index (χ4n) is 5.62. The van der Waals surface area contributed by atoms with Gasteiger partial charge in [-0.2, -0.15) is 0 Å². The maximum absolute atomic E-state index is 5.45. The van der Waals surface area contributed by atoms with Crippen LogP contribution in [0, 0.1) is 13.8 Å². The molecule has 1 saturated heterocycles. The van der Waals surface area contributed by atoms with Gasteiger partial charge in [0.1, 0.15) is 22.9 Å². The van der Waals surface area contributed by atoms with Crippen LogP contribution in [0.5, 0.6) is 0 Å². The molecule has 4 heterocycles. The summed E-state index contributed by atoms with van der Waals surface area (Å²) in [4.78, 5) is 7.54. The van der Waals surface area contributed by atoms with Gasteiger partial charge in [0.05, 0.1) is 5.69 Å². The lowest BCUT2D eigenvalue weighted by Gasteiger charge is -2.29. The highest BCUT2D eigenvalue weighted by atomic mass is 16.5. The third kappa shape index (κ3) is 4.29. The summed E-state index contributed by atoms with van der Waals surface area (Å²) in [6.45, 7) is 8.14. The van der Waals surface area contributed by atoms with Crippen molar-refractivity contribution < 1.29 is 4.52 Å². The summed E-state index contributed by atoms with van der Waals surface area (Å²) in [5, 5.41) is 11.5. The number of fused-ring (bicyclic) bond motifs is 1. The van der Waals surface area contributed by atoms with E-state index in [4.69, 9.17) is 9.51 Å². The van der Waals surface area contributed by atoms with E-state index in [1.54, 1.807) is 0 Å². The zero-order valence-electron chi connectivity index (χ0n) is 20.7. The molecule has 3 aromatic heterocycles. The molecule has 7 heteroatoms. The second kappa shape index (κ2) is 9.38. The van der Waals surface area contributed by atoms with Gasteiger partial charge in [0.2, 0.25) is 0 Å². The van der Waals surface area contributed by atoms with Crippen LogP contribution in [-0.4, -0.2) is 46.8 Å². The third-order valence-electron chi connectivity index (χ3n) is 7.51. The van der Waals surface area contributed by atoms with Crippen LogP contribution in [0.1, 0.15) is 43.6 Å². The molecule has 6 rings (SSSR count). The average molecular weight is 471 g/mol. The Labute approximate surface area is 206 Å². The Morgan fingerprint density at radius 3 is 2.40 bits per heavy atom. The number of pyridine rings is 1. The first-order valence-corrected chi connectivity index (χ1v) is 13.0. The highest BCUT2D eigenvalue weighted by Crippen LogP contribution is 2.35. The molecule has 1 aromatic carbocycles. The van der Waals surface area contributed by atoms with Gasteiger partial charge in [0, 0.05) is 60.8 Å². The summed E-state index contributed by atoms with van der Waals surface area (Å²) < 4.78 is 7.67. The van der Waals surface area contributed by atoms with E-state index in [0.717, 1.165) is 71.5 Å². The van der Waals surface area contributed by atoms with Crippen molar-refractivity contribution in [3.63, 3.8) is 0 Å². The van der Waals surface area contributed by atoms with E-state index in [1.165, 1.54) is 37.8 Å². The maximum Gasteiger partial charge on any atom is 0.141 e. The lowest BCUT2D eigenvalue weighted by atomic mass is 9.95. The zero-order chi connectivity index (χ0) is 23.8. The van der Waals surface area contributed by atoms with E-state index in [2.05, 4.69) is 67.7 Å². The van der Waals surface area contributed by atoms with Crippen molar-refractivity contribution in [1.82, 2.24) is 19.9 Å². The summed E-state index contributed by atoms with van der Waals surface area (Å²) in [7, 11) is 0. The minimum atomic E-state index is 0.477. The summed E-state index contributed by atoms with van der Waals surface area (Å²) >= 11 is 0. The number of aromatic nitrogens is 3. The van der Waals surface area contributed by atoms with Crippen LogP contribution in [0.4, 0.5) is 11.5 Å². The summed E-state index contributed by atoms with van der Waals surface area (Å²) in [5.41, 5.74) is 7.45. The van der Waals surface area contributed by atoms with Crippen molar-refractivity contribution in [3.05, 3.63) is 54.0 Å². The number of piperazine rings is 1. The number of imidazole rings is 1. The number of nitrogens with zero attached hydrogens (tertiary/aromatic N) is 4. The molecule has 0 atom stereocenters. The first-order valence-electron chi connectivity index (χ1n) is 13.0. The lowest BCUT2D eigenvalue weighted by Crippen LogP contribution is -2.43. The van der Waals surface area contributed by atoms with Crippen LogP contribution < -0.4 is 15.5 Å². The zero-order valence-corrected chi connectivity index (χ0v) is 20.7. The molecule has 182 valence electrons. The van der Waals surface area contributed by atoms with Crippen LogP contribution in [0.15, 0.2) is 47.1 Å². The second-order valence-corrected chi connectivity index (χ2v) is 9.92. The SMILES string of the molecule is Cc1noc(C)c1-c1ccc2nc(-c3ccc(N4CCNCC4)cc3)c(NC3CCCCC3)n2c1. The van der Waals surface area contributed by atoms with Crippen LogP contribution in [0.2, 0.25) is 0 Å². The van der Waals surface area contributed by atoms with Gasteiger partial charge in [-0.15, -0.1) is 0 Å². The van der Waals surface area contributed by atoms with Crippen molar-refractivity contribution >= 4 is 17.2 Å². The topological polar surface area (TPSA) is 70.6 Å². The highest BCUT2D eigenvalue weighted by molar-refractivity contribution is 5.79. The Bertz CT molecular complexity index is 1290. The van der Waals surface area contributed by atoms with E-state index < -0.39 is 0 Å². The fourth-order valence-corrected chi connectivity index (χ4v) is 5.62. The monoisotopic (exact) mass is 470 g/mol. The molecule has 2 N–H and O–H groups in total. The average Bonchev–Trinajstić information content (AvgIpc) is 3.44. The first kappa shape index (κ1) is 22.2. The number of nitrogens with one attached hydrogen (secondary N) is 2. The summed E-state index contributed by atoms with van der Waals surface area (Å²) in [6, 6.07) is 13.6. The van der Waals surface area contributed by atoms with Gasteiger partial charge in [0.15, 0.2) is 0 Å². The molecule has 0 amide bonds. The molecule has 0 unspecified atom stereocenters. The molecular formula is C28H34N6O. The number of hydrogen-bond donors (Lipinski definition) is 2. The van der Waals surface area contributed by atoms with Crippen molar-refractivity contribution in [2.45, 2.75) is 52.0 Å². The number of aryl methyl sites for hydroxylation is 2. The van der Waals surface area contributed by atoms with Crippen molar-refractivity contribution in [3.8, 4) is 22.4 Å². The van der Waals surface area contributed by atoms with Crippen molar-refractivity contribution in [1.29, 1.82) is 0 Å². The maximum atomic E-state index is 5.45. The summed E-state index contributed by atoms with van der Waals surface area (Å²) in [5.74, 6) is 1.92. The minimum Gasteiger partial charge on any atom is -0.369 e. The smallest absolute Gasteiger partial charge is 0.141 e. The lowest BCUT2D eigenvalue weighted by molar-refractivity contribution is 0.393. The van der Waals surface area contributed by atoms with Crippen molar-refractivity contribution in [2.75, 3.05) is 36.4 Å². The Hall–Kier alpha value is -3.32. The third-order valence-corrected chi connectivity index (χ3v) is 7.51. The minimum absolute atomic E-state index is 0.477. The van der Waals surface area contributed by atoms with Crippen molar-refractivity contribution in [2.24, 2.45) is 0 Å². The predicted octanol–water partition coefficient (Wildman–Crippen LogP) is 5.43. The predicted molar refractivity (Wildman–Crippen MR) is 141 cm³/mol. The Morgan fingerprint density at radius 2 is 1.69 bits per heavy atom. The molecule has 0 radical (unpaired) electrons. The standard InChI is InChI=1S/C28H34N6O/c1-19-26(20(2)35-32-19)22-10-13-25-31-27(28(34(25)18-22)30-23-6-4-3-5-7-23)21-8-11-24(12-9-21)33-16-14-29-15-17-33/h8-13,18,23,29-30H,3-7,14-17H2,1-2H3. The Balaban J connectivity index is 1.42. The fraction of sp³-hybridized carbons (Fsp3) is 0.429. The van der Waals surface area contributed by atoms with Gasteiger partial charge < -0.3 is 20.1 Å². The van der Waals surface area contributed by atoms with Crippen LogP contribution in [0.3, 0.4) is 0 Å². The van der Waals surface area contributed by atoms with E-state index in [1.807, 2.05) is 13.8 Å². The second-order valence-electron chi connectivity index (χ2n) is 9.92. The van der Waals surface area contributed by atoms with Gasteiger partial charge in [-0.3, -0.25) is 4.40 Å². The molecule has 2 aliphatic rings. The molecule has 35 heavy (non-hydrogen) atoms. The first-order chi connectivity index (χ1) is 17.2. The van der Waals surface area contributed by atoms with E-state index >= 15 is 0 Å². The Morgan fingerprint density at radius 1 is 0.943 bits per heavy atom. The number of anilines is 2. The normalized spacial score (nSPS) is 17.3. The van der Waals surface area contributed by atoms with Crippen LogP contribution >= 0.6 is 0 Å². The molecule has 7 nitrogen and oxygen atoms in total. The molecular weight excluding hydrogens is 436 g/mol. The molecule has 1 saturated carbocycles. The van der Waals surface area contributed by atoms with Gasteiger partial charge in [0.25, 0.3) is 0 Å².